The second-order valence-electron chi connectivity index (χ2n) is 7.96. The molecule has 0 fully saturated rings. The minimum atomic E-state index is -0.136. The molecule has 0 radical (unpaired) electrons. The molecule has 0 aliphatic carbocycles. The Labute approximate surface area is 203 Å². The van der Waals surface area contributed by atoms with Crippen molar-refractivity contribution in [2.45, 2.75) is 20.0 Å². The third kappa shape index (κ3) is 5.38. The second-order valence-corrected chi connectivity index (χ2v) is 8.31. The van der Waals surface area contributed by atoms with Crippen LogP contribution in [0.2, 0.25) is 5.15 Å². The van der Waals surface area contributed by atoms with Gasteiger partial charge in [0.2, 0.25) is 5.91 Å². The highest BCUT2D eigenvalue weighted by molar-refractivity contribution is 6.31. The SMILES string of the molecule is COc1cccc(Cn2nc(C)c(/C=C/C(=O)N(C)Cc3cnn(-c4ccccc4)c3)c2Cl)c1. The van der Waals surface area contributed by atoms with Crippen molar-refractivity contribution in [2.24, 2.45) is 0 Å². The molecule has 8 heteroatoms. The molecule has 0 aliphatic heterocycles. The van der Waals surface area contributed by atoms with E-state index in [2.05, 4.69) is 10.2 Å². The first-order valence-corrected chi connectivity index (χ1v) is 11.2. The third-order valence-corrected chi connectivity index (χ3v) is 5.82. The number of benzene rings is 2. The van der Waals surface area contributed by atoms with Gasteiger partial charge in [0.05, 0.1) is 31.2 Å². The van der Waals surface area contributed by atoms with Gasteiger partial charge in [0, 0.05) is 37.0 Å². The van der Waals surface area contributed by atoms with Crippen molar-refractivity contribution in [3.63, 3.8) is 0 Å². The second kappa shape index (κ2) is 10.4. The van der Waals surface area contributed by atoms with Crippen LogP contribution in [0.4, 0.5) is 0 Å². The number of aryl methyl sites for hydroxylation is 1. The standard InChI is InChI=1S/C26H26ClN5O2/c1-19-24(26(27)32(29-19)17-20-8-7-11-23(14-20)34-3)12-13-25(33)30(2)16-21-15-28-31(18-21)22-9-5-4-6-10-22/h4-15,18H,16-17H2,1-3H3/b13-12+. The molecule has 0 bridgehead atoms. The lowest BCUT2D eigenvalue weighted by molar-refractivity contribution is -0.125. The molecule has 34 heavy (non-hydrogen) atoms. The van der Waals surface area contributed by atoms with Gasteiger partial charge < -0.3 is 9.64 Å². The molecule has 174 valence electrons. The Bertz CT molecular complexity index is 1310. The normalized spacial score (nSPS) is 11.2. The van der Waals surface area contributed by atoms with Gasteiger partial charge in [-0.25, -0.2) is 9.36 Å². The molecule has 0 aliphatic rings. The highest BCUT2D eigenvalue weighted by atomic mass is 35.5. The number of hydrogen-bond acceptors (Lipinski definition) is 4. The zero-order valence-electron chi connectivity index (χ0n) is 19.4. The third-order valence-electron chi connectivity index (χ3n) is 5.42. The molecule has 0 spiro atoms. The predicted octanol–water partition coefficient (Wildman–Crippen LogP) is 4.76. The quantitative estimate of drug-likeness (QED) is 0.345. The summed E-state index contributed by atoms with van der Waals surface area (Å²) >= 11 is 6.59. The van der Waals surface area contributed by atoms with Crippen LogP contribution in [0.15, 0.2) is 73.1 Å². The lowest BCUT2D eigenvalue weighted by Crippen LogP contribution is -2.23. The number of aromatic nitrogens is 4. The fraction of sp³-hybridized carbons (Fsp3) is 0.192. The molecule has 0 saturated heterocycles. The Balaban J connectivity index is 1.42. The fourth-order valence-electron chi connectivity index (χ4n) is 3.60. The number of methoxy groups -OCH3 is 1. The summed E-state index contributed by atoms with van der Waals surface area (Å²) in [7, 11) is 3.39. The van der Waals surface area contributed by atoms with Crippen LogP contribution in [-0.4, -0.2) is 44.5 Å². The number of likely N-dealkylation sites (N-methyl/N-ethyl adjacent to an activating group) is 1. The summed E-state index contributed by atoms with van der Waals surface area (Å²) in [6.07, 6.45) is 6.93. The largest absolute Gasteiger partial charge is 0.497 e. The Morgan fingerprint density at radius 1 is 1.15 bits per heavy atom. The summed E-state index contributed by atoms with van der Waals surface area (Å²) in [5.74, 6) is 0.643. The number of nitrogens with zero attached hydrogens (tertiary/aromatic N) is 5. The van der Waals surface area contributed by atoms with Gasteiger partial charge in [-0.1, -0.05) is 41.9 Å². The van der Waals surface area contributed by atoms with Crippen LogP contribution in [0, 0.1) is 6.92 Å². The van der Waals surface area contributed by atoms with Crippen molar-refractivity contribution in [3.8, 4) is 11.4 Å². The molecule has 4 aromatic rings. The maximum atomic E-state index is 12.7. The maximum absolute atomic E-state index is 12.7. The van der Waals surface area contributed by atoms with Crippen LogP contribution in [0.1, 0.15) is 22.4 Å². The highest BCUT2D eigenvalue weighted by Crippen LogP contribution is 2.23. The molecule has 2 aromatic carbocycles. The van der Waals surface area contributed by atoms with Gasteiger partial charge in [0.25, 0.3) is 0 Å². The first-order valence-electron chi connectivity index (χ1n) is 10.8. The number of para-hydroxylation sites is 1. The summed E-state index contributed by atoms with van der Waals surface area (Å²) in [6, 6.07) is 17.6. The van der Waals surface area contributed by atoms with Crippen molar-refractivity contribution in [1.29, 1.82) is 0 Å². The maximum Gasteiger partial charge on any atom is 0.246 e. The molecular formula is C26H26ClN5O2. The smallest absolute Gasteiger partial charge is 0.246 e. The molecule has 0 N–H and O–H groups in total. The fourth-order valence-corrected chi connectivity index (χ4v) is 3.90. The summed E-state index contributed by atoms with van der Waals surface area (Å²) in [5.41, 5.74) is 4.41. The molecule has 0 unspecified atom stereocenters. The van der Waals surface area contributed by atoms with E-state index >= 15 is 0 Å². The Morgan fingerprint density at radius 2 is 1.94 bits per heavy atom. The molecule has 7 nitrogen and oxygen atoms in total. The minimum absolute atomic E-state index is 0.136. The van der Waals surface area contributed by atoms with Crippen LogP contribution in [0.5, 0.6) is 5.75 Å². The number of carbonyl (C=O) groups excluding carboxylic acids is 1. The minimum Gasteiger partial charge on any atom is -0.497 e. The van der Waals surface area contributed by atoms with E-state index in [4.69, 9.17) is 16.3 Å². The van der Waals surface area contributed by atoms with E-state index < -0.39 is 0 Å². The molecule has 0 atom stereocenters. The van der Waals surface area contributed by atoms with Gasteiger partial charge in [-0.3, -0.25) is 4.79 Å². The van der Waals surface area contributed by atoms with Crippen molar-refractivity contribution in [3.05, 3.63) is 101 Å². The van der Waals surface area contributed by atoms with Gasteiger partial charge in [-0.05, 0) is 42.8 Å². The Morgan fingerprint density at radius 3 is 2.71 bits per heavy atom. The van der Waals surface area contributed by atoms with E-state index in [1.165, 1.54) is 6.08 Å². The zero-order valence-corrected chi connectivity index (χ0v) is 20.1. The number of rotatable bonds is 8. The number of halogens is 1. The molecule has 2 aromatic heterocycles. The number of hydrogen-bond donors (Lipinski definition) is 0. The Hall–Kier alpha value is -3.84. The first kappa shape index (κ1) is 23.3. The van der Waals surface area contributed by atoms with E-state index in [1.807, 2.05) is 67.7 Å². The molecule has 0 saturated carbocycles. The molecular weight excluding hydrogens is 450 g/mol. The number of amides is 1. The van der Waals surface area contributed by atoms with Crippen LogP contribution < -0.4 is 4.74 Å². The van der Waals surface area contributed by atoms with Crippen LogP contribution in [0.3, 0.4) is 0 Å². The van der Waals surface area contributed by atoms with Crippen molar-refractivity contribution in [2.75, 3.05) is 14.2 Å². The monoisotopic (exact) mass is 475 g/mol. The summed E-state index contributed by atoms with van der Waals surface area (Å²) < 4.78 is 8.80. The van der Waals surface area contributed by atoms with Crippen LogP contribution >= 0.6 is 11.6 Å². The van der Waals surface area contributed by atoms with Gasteiger partial charge in [-0.2, -0.15) is 10.2 Å². The summed E-state index contributed by atoms with van der Waals surface area (Å²) in [5, 5.41) is 9.41. The molecule has 2 heterocycles. The average molecular weight is 476 g/mol. The van der Waals surface area contributed by atoms with E-state index in [0.29, 0.717) is 18.2 Å². The van der Waals surface area contributed by atoms with Gasteiger partial charge >= 0.3 is 0 Å². The topological polar surface area (TPSA) is 65.2 Å². The van der Waals surface area contributed by atoms with E-state index in [0.717, 1.165) is 33.8 Å². The number of ether oxygens (including phenoxy) is 1. The lowest BCUT2D eigenvalue weighted by Gasteiger charge is -2.13. The van der Waals surface area contributed by atoms with Crippen molar-refractivity contribution < 1.29 is 9.53 Å². The number of carbonyl (C=O) groups is 1. The van der Waals surface area contributed by atoms with Gasteiger partial charge in [0.15, 0.2) is 0 Å². The van der Waals surface area contributed by atoms with Gasteiger partial charge in [-0.15, -0.1) is 0 Å². The average Bonchev–Trinajstić information content (AvgIpc) is 3.42. The molecule has 4 rings (SSSR count). The van der Waals surface area contributed by atoms with Crippen molar-refractivity contribution >= 4 is 23.6 Å². The van der Waals surface area contributed by atoms with E-state index in [1.54, 1.807) is 40.7 Å². The lowest BCUT2D eigenvalue weighted by atomic mass is 10.2. The van der Waals surface area contributed by atoms with E-state index in [-0.39, 0.29) is 5.91 Å². The van der Waals surface area contributed by atoms with Gasteiger partial charge in [0.1, 0.15) is 10.9 Å². The molecule has 1 amide bonds. The summed E-state index contributed by atoms with van der Waals surface area (Å²) in [6.45, 7) is 2.82. The zero-order chi connectivity index (χ0) is 24.1. The summed E-state index contributed by atoms with van der Waals surface area (Å²) in [4.78, 5) is 14.3. The predicted molar refractivity (Wildman–Crippen MR) is 133 cm³/mol. The van der Waals surface area contributed by atoms with Crippen LogP contribution in [0.25, 0.3) is 11.8 Å². The van der Waals surface area contributed by atoms with Crippen LogP contribution in [-0.2, 0) is 17.9 Å². The van der Waals surface area contributed by atoms with E-state index in [9.17, 15) is 4.79 Å². The first-order chi connectivity index (χ1) is 16.4. The highest BCUT2D eigenvalue weighted by Gasteiger charge is 2.14. The Kier molecular flexibility index (Phi) is 7.13. The van der Waals surface area contributed by atoms with Crippen molar-refractivity contribution in [1.82, 2.24) is 24.5 Å².